The predicted octanol–water partition coefficient (Wildman–Crippen LogP) is 2.45. The first kappa shape index (κ1) is 14.5. The lowest BCUT2D eigenvalue weighted by atomic mass is 10.2. The summed E-state index contributed by atoms with van der Waals surface area (Å²) in [4.78, 5) is 5.17. The molecule has 7 nitrogen and oxygen atoms in total. The number of thioether (sulfide) groups is 1. The average molecular weight is 329 g/mol. The monoisotopic (exact) mass is 329 g/mol. The van der Waals surface area contributed by atoms with Crippen molar-refractivity contribution >= 4 is 28.7 Å². The number of nitrogen functional groups attached to an aromatic ring is 1. The Morgan fingerprint density at radius 2 is 2.17 bits per heavy atom. The van der Waals surface area contributed by atoms with E-state index >= 15 is 0 Å². The topological polar surface area (TPSA) is 98.3 Å². The van der Waals surface area contributed by atoms with Gasteiger partial charge in [-0.2, -0.15) is 15.4 Å². The molecule has 0 bridgehead atoms. The van der Waals surface area contributed by atoms with Crippen molar-refractivity contribution in [3.8, 4) is 0 Å². The number of fused-ring (bicyclic) bond motifs is 1. The Bertz CT molecular complexity index is 862. The molecule has 1 aliphatic carbocycles. The molecule has 1 saturated carbocycles. The molecule has 4 rings (SSSR count). The van der Waals surface area contributed by atoms with Crippen molar-refractivity contribution in [2.24, 2.45) is 5.92 Å². The number of aryl methyl sites for hydroxylation is 1. The van der Waals surface area contributed by atoms with Crippen LogP contribution in [0.5, 0.6) is 0 Å². The summed E-state index contributed by atoms with van der Waals surface area (Å²) in [5.41, 5.74) is 10.8. The van der Waals surface area contributed by atoms with Crippen molar-refractivity contribution < 1.29 is 0 Å². The van der Waals surface area contributed by atoms with Gasteiger partial charge in [0.05, 0.1) is 5.69 Å². The zero-order valence-corrected chi connectivity index (χ0v) is 14.0. The van der Waals surface area contributed by atoms with Crippen molar-refractivity contribution in [3.63, 3.8) is 0 Å². The molecule has 0 radical (unpaired) electrons. The van der Waals surface area contributed by atoms with Crippen molar-refractivity contribution in [2.75, 3.05) is 5.73 Å². The Labute approximate surface area is 138 Å². The summed E-state index contributed by atoms with van der Waals surface area (Å²) in [5, 5.41) is 15.5. The standard InChI is InChI=1S/C15H19N7S/c1-8-11(9(2)22(20-8)6-10-3-4-10)7-23-12-5-13(16)17-15-14(12)18-21-19-15/h5,10H,3-4,6-7H2,1-2H3,(H3,16,17,18,19,21). The van der Waals surface area contributed by atoms with Crippen LogP contribution in [0.4, 0.5) is 5.82 Å². The van der Waals surface area contributed by atoms with Crippen molar-refractivity contribution in [1.82, 2.24) is 30.2 Å². The van der Waals surface area contributed by atoms with E-state index < -0.39 is 0 Å². The molecule has 23 heavy (non-hydrogen) atoms. The number of rotatable bonds is 5. The molecule has 8 heteroatoms. The van der Waals surface area contributed by atoms with Crippen molar-refractivity contribution in [1.29, 1.82) is 0 Å². The third-order valence-electron chi connectivity index (χ3n) is 4.31. The molecule has 3 aromatic rings. The molecule has 3 aromatic heterocycles. The molecule has 1 fully saturated rings. The van der Waals surface area contributed by atoms with Gasteiger partial charge in [-0.05, 0) is 38.7 Å². The zero-order chi connectivity index (χ0) is 16.0. The van der Waals surface area contributed by atoms with Crippen LogP contribution in [0.15, 0.2) is 11.0 Å². The molecule has 1 aliphatic rings. The van der Waals surface area contributed by atoms with Crippen LogP contribution in [0.1, 0.15) is 29.8 Å². The highest BCUT2D eigenvalue weighted by Gasteiger charge is 2.24. The van der Waals surface area contributed by atoms with Gasteiger partial charge in [0, 0.05) is 28.5 Å². The number of anilines is 1. The first-order chi connectivity index (χ1) is 11.1. The van der Waals surface area contributed by atoms with E-state index in [4.69, 9.17) is 10.8 Å². The van der Waals surface area contributed by atoms with Crippen LogP contribution in [-0.4, -0.2) is 30.2 Å². The lowest BCUT2D eigenvalue weighted by molar-refractivity contribution is 0.546. The summed E-state index contributed by atoms with van der Waals surface area (Å²) < 4.78 is 2.16. The Morgan fingerprint density at radius 1 is 1.35 bits per heavy atom. The molecule has 0 aliphatic heterocycles. The van der Waals surface area contributed by atoms with Crippen LogP contribution in [0.2, 0.25) is 0 Å². The van der Waals surface area contributed by atoms with Gasteiger partial charge in [0.15, 0.2) is 0 Å². The van der Waals surface area contributed by atoms with Crippen LogP contribution >= 0.6 is 11.8 Å². The van der Waals surface area contributed by atoms with E-state index in [1.165, 1.54) is 24.1 Å². The number of H-pyrrole nitrogens is 1. The van der Waals surface area contributed by atoms with Crippen LogP contribution in [-0.2, 0) is 12.3 Å². The van der Waals surface area contributed by atoms with Crippen molar-refractivity contribution in [2.45, 2.75) is 43.9 Å². The normalized spacial score (nSPS) is 14.7. The third kappa shape index (κ3) is 2.78. The summed E-state index contributed by atoms with van der Waals surface area (Å²) in [7, 11) is 0. The number of nitrogens with zero attached hydrogens (tertiary/aromatic N) is 5. The number of nitrogens with one attached hydrogen (secondary N) is 1. The lowest BCUT2D eigenvalue weighted by Gasteiger charge is -2.05. The van der Waals surface area contributed by atoms with E-state index in [9.17, 15) is 0 Å². The van der Waals surface area contributed by atoms with E-state index in [0.29, 0.717) is 11.5 Å². The molecule has 120 valence electrons. The van der Waals surface area contributed by atoms with E-state index in [1.807, 2.05) is 6.07 Å². The highest BCUT2D eigenvalue weighted by Crippen LogP contribution is 2.33. The van der Waals surface area contributed by atoms with Crippen LogP contribution in [0.25, 0.3) is 11.2 Å². The second-order valence-corrected chi connectivity index (χ2v) is 7.12. The molecule has 0 spiro atoms. The van der Waals surface area contributed by atoms with Gasteiger partial charge in [-0.1, -0.05) is 0 Å². The zero-order valence-electron chi connectivity index (χ0n) is 13.2. The van der Waals surface area contributed by atoms with E-state index in [-0.39, 0.29) is 0 Å². The second kappa shape index (κ2) is 5.52. The minimum absolute atomic E-state index is 0.465. The third-order valence-corrected chi connectivity index (χ3v) is 5.36. The number of hydrogen-bond donors (Lipinski definition) is 2. The minimum atomic E-state index is 0.465. The smallest absolute Gasteiger partial charge is 0.204 e. The first-order valence-corrected chi connectivity index (χ1v) is 8.73. The maximum absolute atomic E-state index is 5.86. The van der Waals surface area contributed by atoms with E-state index in [2.05, 4.69) is 38.9 Å². The predicted molar refractivity (Wildman–Crippen MR) is 90.1 cm³/mol. The summed E-state index contributed by atoms with van der Waals surface area (Å²) in [6, 6.07) is 1.86. The van der Waals surface area contributed by atoms with Gasteiger partial charge in [-0.25, -0.2) is 4.98 Å². The largest absolute Gasteiger partial charge is 0.384 e. The molecule has 0 amide bonds. The number of pyridine rings is 1. The number of aromatic nitrogens is 6. The fourth-order valence-corrected chi connectivity index (χ4v) is 3.95. The molecule has 3 N–H and O–H groups in total. The number of aromatic amines is 1. The SMILES string of the molecule is Cc1nn(CC2CC2)c(C)c1CSc1cc(N)nc2n[nH]nc12. The van der Waals surface area contributed by atoms with Gasteiger partial charge in [-0.15, -0.1) is 16.9 Å². The van der Waals surface area contributed by atoms with Gasteiger partial charge in [0.25, 0.3) is 0 Å². The Balaban J connectivity index is 1.58. The fourth-order valence-electron chi connectivity index (χ4n) is 2.75. The van der Waals surface area contributed by atoms with Crippen LogP contribution in [0.3, 0.4) is 0 Å². The molecular weight excluding hydrogens is 310 g/mol. The van der Waals surface area contributed by atoms with E-state index in [1.54, 1.807) is 11.8 Å². The fraction of sp³-hybridized carbons (Fsp3) is 0.467. The van der Waals surface area contributed by atoms with Gasteiger partial charge in [0.2, 0.25) is 5.65 Å². The van der Waals surface area contributed by atoms with Gasteiger partial charge < -0.3 is 5.73 Å². The Kier molecular flexibility index (Phi) is 3.48. The first-order valence-electron chi connectivity index (χ1n) is 7.74. The van der Waals surface area contributed by atoms with Crippen molar-refractivity contribution in [3.05, 3.63) is 23.0 Å². The maximum atomic E-state index is 5.86. The quantitative estimate of drug-likeness (QED) is 0.698. The van der Waals surface area contributed by atoms with Crippen LogP contribution in [0, 0.1) is 19.8 Å². The summed E-state index contributed by atoms with van der Waals surface area (Å²) >= 11 is 1.70. The van der Waals surface area contributed by atoms with Gasteiger partial charge >= 0.3 is 0 Å². The Morgan fingerprint density at radius 3 is 2.96 bits per heavy atom. The number of nitrogens with two attached hydrogens (primary N) is 1. The van der Waals surface area contributed by atoms with Crippen LogP contribution < -0.4 is 5.73 Å². The average Bonchev–Trinajstić information content (AvgIpc) is 3.13. The summed E-state index contributed by atoms with van der Waals surface area (Å²) in [5.74, 6) is 2.13. The second-order valence-electron chi connectivity index (χ2n) is 6.10. The summed E-state index contributed by atoms with van der Waals surface area (Å²) in [6.07, 6.45) is 2.67. The highest BCUT2D eigenvalue weighted by atomic mass is 32.2. The number of hydrogen-bond acceptors (Lipinski definition) is 6. The van der Waals surface area contributed by atoms with Gasteiger partial charge in [-0.3, -0.25) is 4.68 Å². The minimum Gasteiger partial charge on any atom is -0.384 e. The highest BCUT2D eigenvalue weighted by molar-refractivity contribution is 7.98. The summed E-state index contributed by atoms with van der Waals surface area (Å²) in [6.45, 7) is 5.29. The molecule has 0 saturated heterocycles. The van der Waals surface area contributed by atoms with E-state index in [0.717, 1.165) is 34.3 Å². The molecule has 0 aromatic carbocycles. The molecule has 0 unspecified atom stereocenters. The molecular formula is C15H19N7S. The maximum Gasteiger partial charge on any atom is 0.204 e. The Hall–Kier alpha value is -2.09. The van der Waals surface area contributed by atoms with Gasteiger partial charge in [0.1, 0.15) is 11.3 Å². The molecule has 3 heterocycles. The molecule has 0 atom stereocenters. The lowest BCUT2D eigenvalue weighted by Crippen LogP contribution is -2.04.